The van der Waals surface area contributed by atoms with Gasteiger partial charge in [-0.3, -0.25) is 25.2 Å². The summed E-state index contributed by atoms with van der Waals surface area (Å²) in [4.78, 5) is 37.9. The van der Waals surface area contributed by atoms with Crippen LogP contribution in [0.1, 0.15) is 35.9 Å². The standard InChI is InChI=1S/C23H23N5O3/c1-14(2)28-23(31)18-10-5-4-9-17(18)21(26-28)22(30)25-24-20(29)12-15-13-27(3)19-11-7-6-8-16(15)19/h4-11,13-14H,12H2,1-3H3,(H,24,29)(H,25,30). The molecule has 2 aromatic heterocycles. The minimum Gasteiger partial charge on any atom is -0.350 e. The maximum absolute atomic E-state index is 12.8. The van der Waals surface area contributed by atoms with Gasteiger partial charge in [0.15, 0.2) is 5.69 Å². The number of fused-ring (bicyclic) bond motifs is 2. The number of aryl methyl sites for hydroxylation is 1. The Hall–Kier alpha value is -3.94. The van der Waals surface area contributed by atoms with Gasteiger partial charge in [0.1, 0.15) is 0 Å². The molecule has 0 aliphatic rings. The Bertz CT molecular complexity index is 1370. The largest absolute Gasteiger partial charge is 0.350 e. The van der Waals surface area contributed by atoms with Gasteiger partial charge in [-0.1, -0.05) is 36.4 Å². The Morgan fingerprint density at radius 2 is 1.61 bits per heavy atom. The van der Waals surface area contributed by atoms with Gasteiger partial charge in [0, 0.05) is 29.5 Å². The average Bonchev–Trinajstić information content (AvgIpc) is 3.07. The van der Waals surface area contributed by atoms with Gasteiger partial charge in [-0.05, 0) is 31.5 Å². The molecule has 2 heterocycles. The van der Waals surface area contributed by atoms with Crippen LogP contribution in [0.25, 0.3) is 21.7 Å². The zero-order chi connectivity index (χ0) is 22.1. The minimum atomic E-state index is -0.586. The second kappa shape index (κ2) is 8.06. The van der Waals surface area contributed by atoms with Crippen molar-refractivity contribution in [1.29, 1.82) is 0 Å². The fraction of sp³-hybridized carbons (Fsp3) is 0.217. The maximum Gasteiger partial charge on any atom is 0.290 e. The maximum atomic E-state index is 12.8. The van der Waals surface area contributed by atoms with Crippen molar-refractivity contribution in [2.24, 2.45) is 7.05 Å². The molecule has 2 aromatic carbocycles. The lowest BCUT2D eigenvalue weighted by Gasteiger charge is -2.13. The summed E-state index contributed by atoms with van der Waals surface area (Å²) in [5.74, 6) is -0.942. The first-order valence-corrected chi connectivity index (χ1v) is 10.0. The van der Waals surface area contributed by atoms with Crippen molar-refractivity contribution in [3.63, 3.8) is 0 Å². The third kappa shape index (κ3) is 3.79. The third-order valence-electron chi connectivity index (χ3n) is 5.18. The van der Waals surface area contributed by atoms with Crippen LogP contribution < -0.4 is 16.4 Å². The first-order valence-electron chi connectivity index (χ1n) is 10.0. The van der Waals surface area contributed by atoms with E-state index in [4.69, 9.17) is 0 Å². The van der Waals surface area contributed by atoms with Crippen LogP contribution >= 0.6 is 0 Å². The third-order valence-corrected chi connectivity index (χ3v) is 5.18. The lowest BCUT2D eigenvalue weighted by Crippen LogP contribution is -2.43. The highest BCUT2D eigenvalue weighted by Gasteiger charge is 2.18. The number of rotatable bonds is 4. The first-order chi connectivity index (χ1) is 14.9. The first kappa shape index (κ1) is 20.3. The predicted octanol–water partition coefficient (Wildman–Crippen LogP) is 2.47. The van der Waals surface area contributed by atoms with Crippen LogP contribution in [-0.2, 0) is 18.3 Å². The Balaban J connectivity index is 1.55. The van der Waals surface area contributed by atoms with E-state index in [1.807, 2.05) is 55.9 Å². The number of para-hydroxylation sites is 1. The Morgan fingerprint density at radius 1 is 0.968 bits per heavy atom. The highest BCUT2D eigenvalue weighted by atomic mass is 16.2. The van der Waals surface area contributed by atoms with Crippen molar-refractivity contribution >= 4 is 33.5 Å². The summed E-state index contributed by atoms with van der Waals surface area (Å²) in [5, 5.41) is 6.07. The molecule has 0 atom stereocenters. The molecular weight excluding hydrogens is 394 g/mol. The van der Waals surface area contributed by atoms with Crippen molar-refractivity contribution in [3.05, 3.63) is 76.3 Å². The summed E-state index contributed by atoms with van der Waals surface area (Å²) in [6.07, 6.45) is 2.01. The van der Waals surface area contributed by atoms with E-state index in [1.165, 1.54) is 4.68 Å². The molecule has 0 bridgehead atoms. The Morgan fingerprint density at radius 3 is 2.32 bits per heavy atom. The molecule has 2 amide bonds. The minimum absolute atomic E-state index is 0.0781. The number of hydrogen-bond donors (Lipinski definition) is 2. The number of carbonyl (C=O) groups excluding carboxylic acids is 2. The number of nitrogens with zero attached hydrogens (tertiary/aromatic N) is 3. The molecule has 4 rings (SSSR count). The topological polar surface area (TPSA) is 98.0 Å². The van der Waals surface area contributed by atoms with Crippen LogP contribution in [0.4, 0.5) is 0 Å². The molecule has 0 unspecified atom stereocenters. The summed E-state index contributed by atoms with van der Waals surface area (Å²) in [5.41, 5.74) is 6.59. The monoisotopic (exact) mass is 417 g/mol. The van der Waals surface area contributed by atoms with Crippen LogP contribution in [0.15, 0.2) is 59.5 Å². The zero-order valence-corrected chi connectivity index (χ0v) is 17.5. The second-order valence-corrected chi connectivity index (χ2v) is 7.70. The van der Waals surface area contributed by atoms with Crippen LogP contribution in [0, 0.1) is 0 Å². The molecule has 0 saturated heterocycles. The van der Waals surface area contributed by atoms with Crippen molar-refractivity contribution in [3.8, 4) is 0 Å². The van der Waals surface area contributed by atoms with E-state index in [1.54, 1.807) is 24.3 Å². The summed E-state index contributed by atoms with van der Waals surface area (Å²) in [6.45, 7) is 3.63. The van der Waals surface area contributed by atoms with Gasteiger partial charge < -0.3 is 4.57 Å². The van der Waals surface area contributed by atoms with Gasteiger partial charge in [0.2, 0.25) is 5.91 Å². The SMILES string of the molecule is CC(C)n1nc(C(=O)NNC(=O)Cc2cn(C)c3ccccc23)c2ccccc2c1=O. The number of hydrazine groups is 1. The van der Waals surface area contributed by atoms with E-state index in [-0.39, 0.29) is 29.6 Å². The number of amides is 2. The van der Waals surface area contributed by atoms with Crippen LogP contribution in [0.5, 0.6) is 0 Å². The molecule has 0 aliphatic carbocycles. The lowest BCUT2D eigenvalue weighted by atomic mass is 10.1. The molecule has 2 N–H and O–H groups in total. The van der Waals surface area contributed by atoms with E-state index in [0.29, 0.717) is 10.8 Å². The molecular formula is C23H23N5O3. The van der Waals surface area contributed by atoms with Gasteiger partial charge >= 0.3 is 0 Å². The number of hydrogen-bond acceptors (Lipinski definition) is 4. The van der Waals surface area contributed by atoms with E-state index >= 15 is 0 Å². The van der Waals surface area contributed by atoms with Crippen LogP contribution in [0.3, 0.4) is 0 Å². The van der Waals surface area contributed by atoms with E-state index in [0.717, 1.165) is 16.5 Å². The van der Waals surface area contributed by atoms with Crippen LogP contribution in [-0.4, -0.2) is 26.2 Å². The summed E-state index contributed by atoms with van der Waals surface area (Å²) in [6, 6.07) is 14.4. The van der Waals surface area contributed by atoms with Crippen molar-refractivity contribution in [1.82, 2.24) is 25.2 Å². The zero-order valence-electron chi connectivity index (χ0n) is 17.5. The normalized spacial score (nSPS) is 11.2. The highest BCUT2D eigenvalue weighted by molar-refractivity contribution is 6.05. The number of benzene rings is 2. The summed E-state index contributed by atoms with van der Waals surface area (Å²) >= 11 is 0. The molecule has 4 aromatic rings. The highest BCUT2D eigenvalue weighted by Crippen LogP contribution is 2.20. The van der Waals surface area contributed by atoms with Gasteiger partial charge in [0.25, 0.3) is 11.5 Å². The quantitative estimate of drug-likeness (QED) is 0.499. The molecule has 8 nitrogen and oxygen atoms in total. The van der Waals surface area contributed by atoms with Gasteiger partial charge in [-0.2, -0.15) is 5.10 Å². The van der Waals surface area contributed by atoms with Gasteiger partial charge in [0.05, 0.1) is 17.8 Å². The van der Waals surface area contributed by atoms with Crippen molar-refractivity contribution < 1.29 is 9.59 Å². The van der Waals surface area contributed by atoms with Gasteiger partial charge in [-0.15, -0.1) is 0 Å². The molecule has 158 valence electrons. The molecule has 31 heavy (non-hydrogen) atoms. The molecule has 8 heteroatoms. The van der Waals surface area contributed by atoms with Crippen molar-refractivity contribution in [2.75, 3.05) is 0 Å². The van der Waals surface area contributed by atoms with E-state index in [2.05, 4.69) is 16.0 Å². The second-order valence-electron chi connectivity index (χ2n) is 7.70. The molecule has 0 saturated carbocycles. The smallest absolute Gasteiger partial charge is 0.290 e. The number of aromatic nitrogens is 3. The molecule has 0 aliphatic heterocycles. The lowest BCUT2D eigenvalue weighted by molar-refractivity contribution is -0.121. The fourth-order valence-corrected chi connectivity index (χ4v) is 3.69. The molecule has 0 spiro atoms. The fourth-order valence-electron chi connectivity index (χ4n) is 3.69. The average molecular weight is 417 g/mol. The summed E-state index contributed by atoms with van der Waals surface area (Å²) in [7, 11) is 1.92. The summed E-state index contributed by atoms with van der Waals surface area (Å²) < 4.78 is 3.23. The van der Waals surface area contributed by atoms with Crippen molar-refractivity contribution in [2.45, 2.75) is 26.3 Å². The Labute approximate surface area is 178 Å². The number of nitrogens with one attached hydrogen (secondary N) is 2. The van der Waals surface area contributed by atoms with Gasteiger partial charge in [-0.25, -0.2) is 4.68 Å². The molecule has 0 radical (unpaired) electrons. The number of carbonyl (C=O) groups is 2. The van der Waals surface area contributed by atoms with Crippen LogP contribution in [0.2, 0.25) is 0 Å². The molecule has 0 fully saturated rings. The predicted molar refractivity (Wildman–Crippen MR) is 119 cm³/mol. The van der Waals surface area contributed by atoms with E-state index in [9.17, 15) is 14.4 Å². The Kier molecular flexibility index (Phi) is 5.29. The van der Waals surface area contributed by atoms with E-state index < -0.39 is 5.91 Å².